The first kappa shape index (κ1) is 24.9. The number of hydrogen-bond acceptors (Lipinski definition) is 6. The second-order valence-corrected chi connectivity index (χ2v) is 8.38. The van der Waals surface area contributed by atoms with E-state index in [4.69, 9.17) is 19.3 Å². The third-order valence-corrected chi connectivity index (χ3v) is 5.97. The SMILES string of the molecule is COc1ccc(CN2CCN(Cc3ccccc3)CC2)c(OCCCCCC(=O)O)c1OC. The molecular weight excluding hydrogens is 420 g/mol. The van der Waals surface area contributed by atoms with Crippen molar-refractivity contribution in [2.24, 2.45) is 0 Å². The molecule has 0 spiro atoms. The van der Waals surface area contributed by atoms with Gasteiger partial charge in [0.1, 0.15) is 0 Å². The molecule has 1 heterocycles. The first-order valence-electron chi connectivity index (χ1n) is 11.7. The van der Waals surface area contributed by atoms with Crippen molar-refractivity contribution in [2.75, 3.05) is 47.0 Å². The van der Waals surface area contributed by atoms with E-state index in [-0.39, 0.29) is 6.42 Å². The summed E-state index contributed by atoms with van der Waals surface area (Å²) >= 11 is 0. The van der Waals surface area contributed by atoms with Gasteiger partial charge in [-0.2, -0.15) is 0 Å². The number of carboxylic acids is 1. The van der Waals surface area contributed by atoms with Crippen molar-refractivity contribution in [1.29, 1.82) is 0 Å². The molecule has 0 aliphatic carbocycles. The number of carboxylic acid groups (broad SMARTS) is 1. The minimum absolute atomic E-state index is 0.198. The average molecular weight is 457 g/mol. The van der Waals surface area contributed by atoms with Crippen LogP contribution in [0.4, 0.5) is 0 Å². The molecule has 1 fully saturated rings. The van der Waals surface area contributed by atoms with Crippen molar-refractivity contribution < 1.29 is 24.1 Å². The Bertz CT molecular complexity index is 866. The van der Waals surface area contributed by atoms with E-state index < -0.39 is 5.97 Å². The first-order valence-corrected chi connectivity index (χ1v) is 11.7. The molecule has 2 aromatic rings. The molecule has 0 atom stereocenters. The molecule has 1 aliphatic rings. The molecule has 7 nitrogen and oxygen atoms in total. The van der Waals surface area contributed by atoms with Crippen LogP contribution in [0.5, 0.6) is 17.2 Å². The van der Waals surface area contributed by atoms with Gasteiger partial charge in [0.2, 0.25) is 5.75 Å². The van der Waals surface area contributed by atoms with Gasteiger partial charge in [-0.3, -0.25) is 14.6 Å². The van der Waals surface area contributed by atoms with Crippen LogP contribution in [0.25, 0.3) is 0 Å². The molecule has 0 saturated carbocycles. The van der Waals surface area contributed by atoms with Crippen molar-refractivity contribution in [3.63, 3.8) is 0 Å². The van der Waals surface area contributed by atoms with E-state index in [2.05, 4.69) is 46.2 Å². The summed E-state index contributed by atoms with van der Waals surface area (Å²) in [6.07, 6.45) is 2.47. The summed E-state index contributed by atoms with van der Waals surface area (Å²) in [6, 6.07) is 14.6. The van der Waals surface area contributed by atoms with Gasteiger partial charge < -0.3 is 19.3 Å². The minimum atomic E-state index is -0.753. The number of ether oxygens (including phenoxy) is 3. The fraction of sp³-hybridized carbons (Fsp3) is 0.500. The third kappa shape index (κ3) is 7.65. The van der Waals surface area contributed by atoms with Crippen LogP contribution < -0.4 is 14.2 Å². The summed E-state index contributed by atoms with van der Waals surface area (Å²) in [5.74, 6) is 1.23. The molecule has 0 bridgehead atoms. The maximum Gasteiger partial charge on any atom is 0.303 e. The second-order valence-electron chi connectivity index (χ2n) is 8.38. The molecule has 1 aliphatic heterocycles. The van der Waals surface area contributed by atoms with E-state index in [0.717, 1.165) is 63.4 Å². The maximum atomic E-state index is 10.7. The second kappa shape index (κ2) is 13.1. The molecule has 0 aromatic heterocycles. The van der Waals surface area contributed by atoms with Crippen LogP contribution in [0, 0.1) is 0 Å². The Hall–Kier alpha value is -2.77. The van der Waals surface area contributed by atoms with Crippen LogP contribution >= 0.6 is 0 Å². The number of piperazine rings is 1. The first-order chi connectivity index (χ1) is 16.1. The van der Waals surface area contributed by atoms with Gasteiger partial charge in [-0.05, 0) is 30.9 Å². The van der Waals surface area contributed by atoms with E-state index in [0.29, 0.717) is 24.5 Å². The number of methoxy groups -OCH3 is 2. The van der Waals surface area contributed by atoms with Crippen LogP contribution in [-0.2, 0) is 17.9 Å². The van der Waals surface area contributed by atoms with E-state index in [9.17, 15) is 4.79 Å². The maximum absolute atomic E-state index is 10.7. The number of nitrogens with zero attached hydrogens (tertiary/aromatic N) is 2. The molecule has 0 unspecified atom stereocenters. The van der Waals surface area contributed by atoms with Gasteiger partial charge in [-0.25, -0.2) is 0 Å². The van der Waals surface area contributed by atoms with Crippen LogP contribution in [0.2, 0.25) is 0 Å². The fourth-order valence-corrected chi connectivity index (χ4v) is 4.14. The van der Waals surface area contributed by atoms with E-state index in [1.807, 2.05) is 6.07 Å². The number of unbranched alkanes of at least 4 members (excludes halogenated alkanes) is 2. The van der Waals surface area contributed by atoms with Crippen LogP contribution in [0.1, 0.15) is 36.8 Å². The van der Waals surface area contributed by atoms with E-state index in [1.165, 1.54) is 5.56 Å². The summed E-state index contributed by atoms with van der Waals surface area (Å²) in [5, 5.41) is 8.79. The number of benzene rings is 2. The van der Waals surface area contributed by atoms with Crippen molar-refractivity contribution in [1.82, 2.24) is 9.80 Å². The third-order valence-electron chi connectivity index (χ3n) is 5.97. The summed E-state index contributed by atoms with van der Waals surface area (Å²) in [6.45, 7) is 6.34. The lowest BCUT2D eigenvalue weighted by molar-refractivity contribution is -0.137. The van der Waals surface area contributed by atoms with Gasteiger partial charge in [-0.15, -0.1) is 0 Å². The largest absolute Gasteiger partial charge is 0.493 e. The smallest absolute Gasteiger partial charge is 0.303 e. The average Bonchev–Trinajstić information content (AvgIpc) is 2.83. The lowest BCUT2D eigenvalue weighted by Crippen LogP contribution is -2.45. The van der Waals surface area contributed by atoms with E-state index in [1.54, 1.807) is 14.2 Å². The Morgan fingerprint density at radius 2 is 1.55 bits per heavy atom. The Labute approximate surface area is 196 Å². The molecule has 3 rings (SSSR count). The molecular formula is C26H36N2O5. The van der Waals surface area contributed by atoms with Crippen molar-refractivity contribution >= 4 is 5.97 Å². The molecule has 180 valence electrons. The van der Waals surface area contributed by atoms with Crippen molar-refractivity contribution in [3.05, 3.63) is 53.6 Å². The summed E-state index contributed by atoms with van der Waals surface area (Å²) in [4.78, 5) is 15.6. The normalized spacial score (nSPS) is 14.7. The molecule has 2 aromatic carbocycles. The fourth-order valence-electron chi connectivity index (χ4n) is 4.14. The minimum Gasteiger partial charge on any atom is -0.493 e. The van der Waals surface area contributed by atoms with Gasteiger partial charge in [0.05, 0.1) is 20.8 Å². The highest BCUT2D eigenvalue weighted by Gasteiger charge is 2.22. The molecule has 0 amide bonds. The van der Waals surface area contributed by atoms with Gasteiger partial charge in [0, 0.05) is 51.3 Å². The number of rotatable bonds is 13. The van der Waals surface area contributed by atoms with Crippen LogP contribution in [-0.4, -0.2) is 67.9 Å². The predicted octanol–water partition coefficient (Wildman–Crippen LogP) is 4.05. The van der Waals surface area contributed by atoms with Gasteiger partial charge in [-0.1, -0.05) is 36.4 Å². The lowest BCUT2D eigenvalue weighted by atomic mass is 10.1. The highest BCUT2D eigenvalue weighted by molar-refractivity contribution is 5.66. The zero-order chi connectivity index (χ0) is 23.5. The Balaban J connectivity index is 1.58. The zero-order valence-corrected chi connectivity index (χ0v) is 19.8. The number of aliphatic carboxylic acids is 1. The highest BCUT2D eigenvalue weighted by Crippen LogP contribution is 2.40. The van der Waals surface area contributed by atoms with E-state index >= 15 is 0 Å². The topological polar surface area (TPSA) is 71.5 Å². The standard InChI is InChI=1S/C26H36N2O5/c1-31-23-13-12-22(25(26(23)32-2)33-18-8-4-7-11-24(29)30)20-28-16-14-27(15-17-28)19-21-9-5-3-6-10-21/h3,5-6,9-10,12-13H,4,7-8,11,14-20H2,1-2H3,(H,29,30). The van der Waals surface area contributed by atoms with Gasteiger partial charge in [0.25, 0.3) is 0 Å². The molecule has 0 radical (unpaired) electrons. The van der Waals surface area contributed by atoms with Gasteiger partial charge in [0.15, 0.2) is 11.5 Å². The number of hydrogen-bond donors (Lipinski definition) is 1. The van der Waals surface area contributed by atoms with Crippen molar-refractivity contribution in [3.8, 4) is 17.2 Å². The van der Waals surface area contributed by atoms with Crippen LogP contribution in [0.15, 0.2) is 42.5 Å². The summed E-state index contributed by atoms with van der Waals surface area (Å²) < 4.78 is 17.3. The van der Waals surface area contributed by atoms with Gasteiger partial charge >= 0.3 is 5.97 Å². The number of carbonyl (C=O) groups is 1. The van der Waals surface area contributed by atoms with Crippen LogP contribution in [0.3, 0.4) is 0 Å². The molecule has 1 saturated heterocycles. The lowest BCUT2D eigenvalue weighted by Gasteiger charge is -2.35. The summed E-state index contributed by atoms with van der Waals surface area (Å²) in [7, 11) is 3.25. The molecule has 7 heteroatoms. The quantitative estimate of drug-likeness (QED) is 0.456. The zero-order valence-electron chi connectivity index (χ0n) is 19.8. The molecule has 33 heavy (non-hydrogen) atoms. The molecule has 1 N–H and O–H groups in total. The Kier molecular flexibility index (Phi) is 9.84. The Morgan fingerprint density at radius 1 is 0.848 bits per heavy atom. The predicted molar refractivity (Wildman–Crippen MR) is 128 cm³/mol. The highest BCUT2D eigenvalue weighted by atomic mass is 16.5. The Morgan fingerprint density at radius 3 is 2.18 bits per heavy atom. The van der Waals surface area contributed by atoms with Crippen molar-refractivity contribution in [2.45, 2.75) is 38.8 Å². The monoisotopic (exact) mass is 456 g/mol. The summed E-state index contributed by atoms with van der Waals surface area (Å²) in [5.41, 5.74) is 2.43.